The van der Waals surface area contributed by atoms with Crippen molar-refractivity contribution in [2.45, 2.75) is 39.5 Å². The van der Waals surface area contributed by atoms with Crippen LogP contribution < -0.4 is 5.32 Å². The molecule has 0 spiro atoms. The van der Waals surface area contributed by atoms with Gasteiger partial charge in [0.15, 0.2) is 5.78 Å². The van der Waals surface area contributed by atoms with Crippen molar-refractivity contribution in [3.05, 3.63) is 57.9 Å². The smallest absolute Gasteiger partial charge is 0.224 e. The average Bonchev–Trinajstić information content (AvgIpc) is 3.13. The largest absolute Gasteiger partial charge is 0.325 e. The van der Waals surface area contributed by atoms with Crippen LogP contribution in [0.15, 0.2) is 42.6 Å². The van der Waals surface area contributed by atoms with Crippen LogP contribution in [-0.4, -0.2) is 22.5 Å². The fraction of sp³-hybridized carbons (Fsp3) is 0.273. The summed E-state index contributed by atoms with van der Waals surface area (Å²) >= 11 is 1.44. The van der Waals surface area contributed by atoms with Crippen molar-refractivity contribution >= 4 is 45.4 Å². The number of pyridine rings is 1. The Bertz CT molecular complexity index is 1040. The first-order valence-corrected chi connectivity index (χ1v) is 10.0. The fourth-order valence-corrected chi connectivity index (χ4v) is 3.81. The molecule has 0 bridgehead atoms. The van der Waals surface area contributed by atoms with E-state index in [4.69, 9.17) is 0 Å². The maximum Gasteiger partial charge on any atom is 0.224 e. The van der Waals surface area contributed by atoms with Gasteiger partial charge >= 0.3 is 0 Å². The Labute approximate surface area is 167 Å². The van der Waals surface area contributed by atoms with Crippen LogP contribution >= 0.6 is 11.3 Å². The highest BCUT2D eigenvalue weighted by Crippen LogP contribution is 2.24. The van der Waals surface area contributed by atoms with E-state index in [1.807, 2.05) is 44.2 Å². The normalized spacial score (nSPS) is 10.8. The lowest BCUT2D eigenvalue weighted by Crippen LogP contribution is -2.14. The van der Waals surface area contributed by atoms with Crippen molar-refractivity contribution in [1.82, 2.24) is 4.98 Å². The number of fused-ring (bicyclic) bond motifs is 1. The van der Waals surface area contributed by atoms with Gasteiger partial charge in [0.2, 0.25) is 5.91 Å². The van der Waals surface area contributed by atoms with Crippen molar-refractivity contribution in [3.63, 3.8) is 0 Å². The third-order valence-corrected chi connectivity index (χ3v) is 5.56. The predicted octanol–water partition coefficient (Wildman–Crippen LogP) is 4.86. The monoisotopic (exact) mass is 394 g/mol. The summed E-state index contributed by atoms with van der Waals surface area (Å²) < 4.78 is 0. The number of ketones is 2. The Kier molecular flexibility index (Phi) is 6.31. The number of benzene rings is 1. The van der Waals surface area contributed by atoms with Gasteiger partial charge in [-0.1, -0.05) is 6.07 Å². The van der Waals surface area contributed by atoms with Crippen molar-refractivity contribution in [2.75, 3.05) is 5.32 Å². The Morgan fingerprint density at radius 2 is 1.75 bits per heavy atom. The second kappa shape index (κ2) is 8.89. The molecular weight excluding hydrogens is 372 g/mol. The standard InChI is InChI=1S/C22H22N2O3S/c1-14-5-9-18(17-4-3-13-23-22(14)17)24-21(27)12-8-16(25)7-10-19(26)20-11-6-15(2)28-20/h3-6,9,11,13H,7-8,10,12H2,1-2H3,(H,24,27). The number of amides is 1. The fourth-order valence-electron chi connectivity index (χ4n) is 2.97. The first-order chi connectivity index (χ1) is 13.4. The maximum atomic E-state index is 12.3. The molecule has 1 aromatic carbocycles. The number of aryl methyl sites for hydroxylation is 2. The van der Waals surface area contributed by atoms with Crippen molar-refractivity contribution in [1.29, 1.82) is 0 Å². The van der Waals surface area contributed by atoms with Crippen LogP contribution in [0.5, 0.6) is 0 Å². The summed E-state index contributed by atoms with van der Waals surface area (Å²) in [6, 6.07) is 11.2. The summed E-state index contributed by atoms with van der Waals surface area (Å²) in [5, 5.41) is 3.74. The van der Waals surface area contributed by atoms with Crippen LogP contribution in [0.3, 0.4) is 0 Å². The van der Waals surface area contributed by atoms with Gasteiger partial charge in [-0.2, -0.15) is 0 Å². The highest BCUT2D eigenvalue weighted by molar-refractivity contribution is 7.14. The third kappa shape index (κ3) is 4.89. The molecular formula is C22H22N2O3S. The van der Waals surface area contributed by atoms with Gasteiger partial charge in [-0.3, -0.25) is 19.4 Å². The van der Waals surface area contributed by atoms with E-state index in [1.54, 1.807) is 12.3 Å². The minimum Gasteiger partial charge on any atom is -0.325 e. The van der Waals surface area contributed by atoms with Gasteiger partial charge in [0.05, 0.1) is 16.1 Å². The lowest BCUT2D eigenvalue weighted by Gasteiger charge is -2.10. The molecule has 0 saturated carbocycles. The zero-order valence-corrected chi connectivity index (χ0v) is 16.8. The number of hydrogen-bond acceptors (Lipinski definition) is 5. The molecule has 0 saturated heterocycles. The Morgan fingerprint density at radius 3 is 2.50 bits per heavy atom. The first kappa shape index (κ1) is 19.9. The highest BCUT2D eigenvalue weighted by Gasteiger charge is 2.13. The van der Waals surface area contributed by atoms with Gasteiger partial charge in [0.1, 0.15) is 5.78 Å². The van der Waals surface area contributed by atoms with E-state index in [9.17, 15) is 14.4 Å². The van der Waals surface area contributed by atoms with Crippen LogP contribution in [0.25, 0.3) is 10.9 Å². The van der Waals surface area contributed by atoms with Crippen molar-refractivity contribution in [3.8, 4) is 0 Å². The molecule has 0 aliphatic heterocycles. The number of hydrogen-bond donors (Lipinski definition) is 1. The summed E-state index contributed by atoms with van der Waals surface area (Å²) in [6.45, 7) is 3.91. The molecule has 144 valence electrons. The number of carbonyl (C=O) groups is 3. The van der Waals surface area contributed by atoms with E-state index in [0.29, 0.717) is 10.6 Å². The molecule has 3 rings (SSSR count). The molecule has 2 aromatic heterocycles. The topological polar surface area (TPSA) is 76.1 Å². The van der Waals surface area contributed by atoms with Gasteiger partial charge in [0.25, 0.3) is 0 Å². The molecule has 5 nitrogen and oxygen atoms in total. The predicted molar refractivity (Wildman–Crippen MR) is 112 cm³/mol. The van der Waals surface area contributed by atoms with Gasteiger partial charge in [-0.25, -0.2) is 0 Å². The van der Waals surface area contributed by atoms with Crippen LogP contribution in [0.2, 0.25) is 0 Å². The van der Waals surface area contributed by atoms with Crippen molar-refractivity contribution < 1.29 is 14.4 Å². The van der Waals surface area contributed by atoms with E-state index in [0.717, 1.165) is 21.3 Å². The van der Waals surface area contributed by atoms with Crippen molar-refractivity contribution in [2.24, 2.45) is 0 Å². The van der Waals surface area contributed by atoms with Gasteiger partial charge in [0, 0.05) is 42.1 Å². The first-order valence-electron chi connectivity index (χ1n) is 9.19. The molecule has 2 heterocycles. The zero-order chi connectivity index (χ0) is 20.1. The number of anilines is 1. The Balaban J connectivity index is 1.50. The van der Waals surface area contributed by atoms with Crippen LogP contribution in [0.4, 0.5) is 5.69 Å². The molecule has 28 heavy (non-hydrogen) atoms. The van der Waals surface area contributed by atoms with Crippen LogP contribution in [0, 0.1) is 13.8 Å². The quantitative estimate of drug-likeness (QED) is 0.553. The lowest BCUT2D eigenvalue weighted by atomic mass is 10.1. The molecule has 0 unspecified atom stereocenters. The summed E-state index contributed by atoms with van der Waals surface area (Å²) in [5.74, 6) is -0.315. The molecule has 6 heteroatoms. The van der Waals surface area contributed by atoms with Gasteiger partial charge in [-0.15, -0.1) is 11.3 Å². The Morgan fingerprint density at radius 1 is 0.964 bits per heavy atom. The number of thiophene rings is 1. The molecule has 1 amide bonds. The third-order valence-electron chi connectivity index (χ3n) is 4.52. The summed E-state index contributed by atoms with van der Waals surface area (Å²) in [7, 11) is 0. The number of aromatic nitrogens is 1. The lowest BCUT2D eigenvalue weighted by molar-refractivity contribution is -0.122. The highest BCUT2D eigenvalue weighted by atomic mass is 32.1. The molecule has 0 radical (unpaired) electrons. The number of nitrogens with one attached hydrogen (secondary N) is 1. The van der Waals surface area contributed by atoms with Gasteiger partial charge in [-0.05, 0) is 49.7 Å². The molecule has 0 atom stereocenters. The SMILES string of the molecule is Cc1ccc(C(=O)CCC(=O)CCC(=O)Nc2ccc(C)c3ncccc23)s1. The maximum absolute atomic E-state index is 12.3. The summed E-state index contributed by atoms with van der Waals surface area (Å²) in [6.07, 6.45) is 2.30. The molecule has 1 N–H and O–H groups in total. The molecule has 0 aliphatic rings. The number of carbonyl (C=O) groups excluding carboxylic acids is 3. The van der Waals surface area contributed by atoms with E-state index < -0.39 is 0 Å². The van der Waals surface area contributed by atoms with E-state index in [-0.39, 0.29) is 43.2 Å². The number of rotatable bonds is 8. The molecule has 0 aliphatic carbocycles. The Hall–Kier alpha value is -2.86. The molecule has 0 fully saturated rings. The zero-order valence-electron chi connectivity index (χ0n) is 16.0. The summed E-state index contributed by atoms with van der Waals surface area (Å²) in [4.78, 5) is 42.5. The van der Waals surface area contributed by atoms with E-state index in [2.05, 4.69) is 10.3 Å². The number of Topliss-reactive ketones (excluding diaryl/α,β-unsaturated/α-hetero) is 2. The minimum atomic E-state index is -0.220. The van der Waals surface area contributed by atoms with Gasteiger partial charge < -0.3 is 5.32 Å². The van der Waals surface area contributed by atoms with E-state index in [1.165, 1.54) is 11.3 Å². The minimum absolute atomic E-state index is 0.0190. The average molecular weight is 394 g/mol. The molecule has 3 aromatic rings. The number of nitrogens with zero attached hydrogens (tertiary/aromatic N) is 1. The van der Waals surface area contributed by atoms with Crippen LogP contribution in [0.1, 0.15) is 45.8 Å². The van der Waals surface area contributed by atoms with E-state index >= 15 is 0 Å². The summed E-state index contributed by atoms with van der Waals surface area (Å²) in [5.41, 5.74) is 2.57. The second-order valence-electron chi connectivity index (χ2n) is 6.75. The second-order valence-corrected chi connectivity index (χ2v) is 8.04. The van der Waals surface area contributed by atoms with Crippen LogP contribution in [-0.2, 0) is 9.59 Å².